The molecule has 7 aromatic rings. The fourth-order valence-electron chi connectivity index (χ4n) is 5.42. The highest BCUT2D eigenvalue weighted by Crippen LogP contribution is 2.49. The number of aromatic nitrogens is 3. The van der Waals surface area contributed by atoms with E-state index in [1.807, 2.05) is 85.1 Å². The molecule has 0 spiro atoms. The SMILES string of the molecule is c1ccc(-n2c3ccccc3c3ccc(Oc4cccc(N5c6ccccc6Oc6cccnc65)c4)cc32)nc1. The van der Waals surface area contributed by atoms with Gasteiger partial charge in [-0.3, -0.25) is 9.47 Å². The molecular weight excluding hydrogens is 496 g/mol. The second-order valence-corrected chi connectivity index (χ2v) is 9.55. The molecule has 0 saturated heterocycles. The first-order chi connectivity index (χ1) is 19.8. The van der Waals surface area contributed by atoms with Gasteiger partial charge in [0.1, 0.15) is 17.3 Å². The zero-order valence-corrected chi connectivity index (χ0v) is 21.3. The molecule has 6 nitrogen and oxygen atoms in total. The number of fused-ring (bicyclic) bond motifs is 5. The highest BCUT2D eigenvalue weighted by Gasteiger charge is 2.26. The molecule has 1 aliphatic heterocycles. The molecule has 0 radical (unpaired) electrons. The number of pyridine rings is 2. The van der Waals surface area contributed by atoms with Gasteiger partial charge in [-0.05, 0) is 66.7 Å². The maximum atomic E-state index is 6.47. The lowest BCUT2D eigenvalue weighted by Crippen LogP contribution is -2.17. The van der Waals surface area contributed by atoms with Crippen molar-refractivity contribution in [1.82, 2.24) is 14.5 Å². The van der Waals surface area contributed by atoms with Crippen LogP contribution in [0.25, 0.3) is 27.6 Å². The molecule has 0 N–H and O–H groups in total. The minimum atomic E-state index is 0.709. The van der Waals surface area contributed by atoms with Crippen molar-refractivity contribution in [3.05, 3.63) is 134 Å². The van der Waals surface area contributed by atoms with E-state index >= 15 is 0 Å². The van der Waals surface area contributed by atoms with E-state index < -0.39 is 0 Å². The summed E-state index contributed by atoms with van der Waals surface area (Å²) in [6.07, 6.45) is 3.60. The van der Waals surface area contributed by atoms with Gasteiger partial charge in [0, 0.05) is 35.3 Å². The number of hydrogen-bond acceptors (Lipinski definition) is 5. The first-order valence-corrected chi connectivity index (χ1v) is 13.1. The van der Waals surface area contributed by atoms with Crippen molar-refractivity contribution in [2.24, 2.45) is 0 Å². The van der Waals surface area contributed by atoms with Gasteiger partial charge in [-0.15, -0.1) is 0 Å². The summed E-state index contributed by atoms with van der Waals surface area (Å²) in [7, 11) is 0. The van der Waals surface area contributed by atoms with Gasteiger partial charge in [0.2, 0.25) is 0 Å². The average Bonchev–Trinajstić information content (AvgIpc) is 3.34. The second-order valence-electron chi connectivity index (χ2n) is 9.55. The van der Waals surface area contributed by atoms with Crippen molar-refractivity contribution in [2.45, 2.75) is 0 Å². The largest absolute Gasteiger partial charge is 0.457 e. The predicted molar refractivity (Wildman–Crippen MR) is 158 cm³/mol. The molecule has 0 atom stereocenters. The number of para-hydroxylation sites is 3. The van der Waals surface area contributed by atoms with Crippen LogP contribution in [0.2, 0.25) is 0 Å². The maximum Gasteiger partial charge on any atom is 0.181 e. The van der Waals surface area contributed by atoms with E-state index in [1.54, 1.807) is 6.20 Å². The van der Waals surface area contributed by atoms with Crippen LogP contribution in [0.3, 0.4) is 0 Å². The molecule has 190 valence electrons. The summed E-state index contributed by atoms with van der Waals surface area (Å²) in [4.78, 5) is 11.4. The molecule has 6 heteroatoms. The minimum absolute atomic E-state index is 0.709. The molecule has 0 fully saturated rings. The van der Waals surface area contributed by atoms with Crippen LogP contribution < -0.4 is 14.4 Å². The molecule has 4 heterocycles. The van der Waals surface area contributed by atoms with Crippen LogP contribution in [-0.4, -0.2) is 14.5 Å². The first kappa shape index (κ1) is 22.4. The Labute approximate surface area is 230 Å². The Morgan fingerprint density at radius 3 is 2.33 bits per heavy atom. The predicted octanol–water partition coefficient (Wildman–Crippen LogP) is 8.94. The number of benzene rings is 4. The van der Waals surface area contributed by atoms with Crippen LogP contribution in [0.1, 0.15) is 0 Å². The van der Waals surface area contributed by atoms with Crippen LogP contribution in [-0.2, 0) is 0 Å². The van der Waals surface area contributed by atoms with Crippen molar-refractivity contribution in [2.75, 3.05) is 4.90 Å². The number of ether oxygens (including phenoxy) is 2. The average molecular weight is 519 g/mol. The Hall–Kier alpha value is -5.62. The van der Waals surface area contributed by atoms with Gasteiger partial charge in [0.15, 0.2) is 17.3 Å². The smallest absolute Gasteiger partial charge is 0.181 e. The van der Waals surface area contributed by atoms with Crippen LogP contribution in [0.4, 0.5) is 17.2 Å². The fourth-order valence-corrected chi connectivity index (χ4v) is 5.42. The van der Waals surface area contributed by atoms with Gasteiger partial charge in [-0.1, -0.05) is 42.5 Å². The Bertz CT molecular complexity index is 1990. The monoisotopic (exact) mass is 518 g/mol. The van der Waals surface area contributed by atoms with Gasteiger partial charge in [-0.2, -0.15) is 0 Å². The van der Waals surface area contributed by atoms with Gasteiger partial charge < -0.3 is 9.47 Å². The van der Waals surface area contributed by atoms with E-state index in [1.165, 1.54) is 5.39 Å². The van der Waals surface area contributed by atoms with Crippen molar-refractivity contribution in [3.8, 4) is 28.8 Å². The Kier molecular flexibility index (Phi) is 5.03. The third-order valence-corrected chi connectivity index (χ3v) is 7.12. The van der Waals surface area contributed by atoms with E-state index in [0.29, 0.717) is 5.75 Å². The molecule has 0 amide bonds. The van der Waals surface area contributed by atoms with Gasteiger partial charge in [0.05, 0.1) is 22.4 Å². The summed E-state index contributed by atoms with van der Waals surface area (Å²) >= 11 is 0. The van der Waals surface area contributed by atoms with E-state index in [0.717, 1.165) is 56.7 Å². The molecule has 0 saturated carbocycles. The second kappa shape index (κ2) is 8.99. The molecule has 8 rings (SSSR count). The van der Waals surface area contributed by atoms with Crippen molar-refractivity contribution in [3.63, 3.8) is 0 Å². The third kappa shape index (κ3) is 3.58. The molecule has 4 aromatic carbocycles. The van der Waals surface area contributed by atoms with E-state index in [-0.39, 0.29) is 0 Å². The summed E-state index contributed by atoms with van der Waals surface area (Å²) in [5, 5.41) is 2.32. The van der Waals surface area contributed by atoms with Crippen LogP contribution >= 0.6 is 0 Å². The molecule has 0 unspecified atom stereocenters. The third-order valence-electron chi connectivity index (χ3n) is 7.12. The zero-order valence-electron chi connectivity index (χ0n) is 21.3. The standard InChI is InChI=1S/C34H22N4O2/c1-2-12-28-26(11-1)27-18-17-25(22-30(27)38(28)33-16-5-6-19-35-33)39-24-10-7-9-23(21-24)37-29-13-3-4-14-31(29)40-32-15-8-20-36-34(32)37/h1-22H. The molecular formula is C34H22N4O2. The lowest BCUT2D eigenvalue weighted by atomic mass is 10.1. The van der Waals surface area contributed by atoms with Crippen molar-refractivity contribution in [1.29, 1.82) is 0 Å². The Morgan fingerprint density at radius 1 is 0.575 bits per heavy atom. The molecule has 3 aromatic heterocycles. The normalized spacial score (nSPS) is 12.2. The van der Waals surface area contributed by atoms with E-state index in [9.17, 15) is 0 Å². The number of rotatable bonds is 4. The van der Waals surface area contributed by atoms with Crippen molar-refractivity contribution < 1.29 is 9.47 Å². The lowest BCUT2D eigenvalue weighted by molar-refractivity contribution is 0.473. The Morgan fingerprint density at radius 2 is 1.38 bits per heavy atom. The number of nitrogens with zero attached hydrogens (tertiary/aromatic N) is 4. The Balaban J connectivity index is 1.22. The topological polar surface area (TPSA) is 52.4 Å². The highest BCUT2D eigenvalue weighted by atomic mass is 16.5. The zero-order chi connectivity index (χ0) is 26.5. The molecule has 0 aliphatic carbocycles. The quantitative estimate of drug-likeness (QED) is 0.233. The summed E-state index contributed by atoms with van der Waals surface area (Å²) in [5.41, 5.74) is 3.99. The van der Waals surface area contributed by atoms with Crippen LogP contribution in [0.15, 0.2) is 134 Å². The summed E-state index contributed by atoms with van der Waals surface area (Å²) < 4.78 is 14.8. The first-order valence-electron chi connectivity index (χ1n) is 13.1. The van der Waals surface area contributed by atoms with Crippen molar-refractivity contribution >= 4 is 39.0 Å². The summed E-state index contributed by atoms with van der Waals surface area (Å²) in [5.74, 6) is 4.55. The number of anilines is 3. The lowest BCUT2D eigenvalue weighted by Gasteiger charge is -2.31. The van der Waals surface area contributed by atoms with E-state index in [4.69, 9.17) is 9.47 Å². The van der Waals surface area contributed by atoms with Gasteiger partial charge in [-0.25, -0.2) is 9.97 Å². The van der Waals surface area contributed by atoms with Crippen LogP contribution in [0.5, 0.6) is 23.0 Å². The van der Waals surface area contributed by atoms with E-state index in [2.05, 4.69) is 61.9 Å². The molecule has 1 aliphatic rings. The molecule has 40 heavy (non-hydrogen) atoms. The summed E-state index contributed by atoms with van der Waals surface area (Å²) in [6, 6.07) is 40.4. The maximum absolute atomic E-state index is 6.47. The highest BCUT2D eigenvalue weighted by molar-refractivity contribution is 6.09. The molecule has 0 bridgehead atoms. The van der Waals surface area contributed by atoms with Crippen LogP contribution in [0, 0.1) is 0 Å². The van der Waals surface area contributed by atoms with Gasteiger partial charge in [0.25, 0.3) is 0 Å². The minimum Gasteiger partial charge on any atom is -0.457 e. The number of hydrogen-bond donors (Lipinski definition) is 0. The summed E-state index contributed by atoms with van der Waals surface area (Å²) in [6.45, 7) is 0. The van der Waals surface area contributed by atoms with Gasteiger partial charge >= 0.3 is 0 Å². The fraction of sp³-hybridized carbons (Fsp3) is 0.